The normalized spacial score (nSPS) is 10.4. The zero-order chi connectivity index (χ0) is 25.6. The minimum Gasteiger partial charge on any atom is -0.383 e. The van der Waals surface area contributed by atoms with E-state index < -0.39 is 0 Å². The van der Waals surface area contributed by atoms with Crippen molar-refractivity contribution in [3.63, 3.8) is 0 Å². The lowest BCUT2D eigenvalue weighted by atomic mass is 10.3. The summed E-state index contributed by atoms with van der Waals surface area (Å²) < 4.78 is 3.58. The minimum absolute atomic E-state index is 0.588. The molecule has 0 radical (unpaired) electrons. The molecule has 7 heterocycles. The maximum atomic E-state index is 8.73. The lowest BCUT2D eigenvalue weighted by Gasteiger charge is -2.02. The van der Waals surface area contributed by atoms with Crippen LogP contribution in [0.4, 0.5) is 16.8 Å². The average molecular weight is 578 g/mol. The van der Waals surface area contributed by atoms with E-state index in [1.54, 1.807) is 58.8 Å². The standard InChI is InChI=1S/C11H6N4S2.C7H4ClNS.C7H6N2S/c12-5-7-6-14-11(17-7)15-10-8-2-4-16-9(8)1-3-13-10;2*8-7-5-2-4-10-6(5)1-3-9-7/h1-4,6H,(H,13,14,15);1-4H;1-4H,(H2,8,9). The molecule has 0 saturated carbocycles. The van der Waals surface area contributed by atoms with Gasteiger partial charge in [-0.3, -0.25) is 0 Å². The van der Waals surface area contributed by atoms with Crippen molar-refractivity contribution < 1.29 is 0 Å². The van der Waals surface area contributed by atoms with Crippen LogP contribution in [0, 0.1) is 11.3 Å². The van der Waals surface area contributed by atoms with Gasteiger partial charge in [0.05, 0.1) is 6.20 Å². The van der Waals surface area contributed by atoms with E-state index in [1.165, 1.54) is 25.4 Å². The molecule has 0 saturated heterocycles. The van der Waals surface area contributed by atoms with Crippen molar-refractivity contribution in [3.05, 3.63) is 87.4 Å². The molecule has 0 amide bonds. The Balaban J connectivity index is 0.000000121. The number of nitrogens with two attached hydrogens (primary N) is 1. The first-order valence-electron chi connectivity index (χ1n) is 10.6. The maximum Gasteiger partial charge on any atom is 0.189 e. The summed E-state index contributed by atoms with van der Waals surface area (Å²) in [6.45, 7) is 0. The van der Waals surface area contributed by atoms with E-state index in [0.717, 1.165) is 22.0 Å². The highest BCUT2D eigenvalue weighted by Gasteiger charge is 2.06. The molecule has 7 nitrogen and oxygen atoms in total. The molecular formula is C25H16ClN7S4. The number of rotatable bonds is 2. The van der Waals surface area contributed by atoms with Gasteiger partial charge in [0.1, 0.15) is 27.7 Å². The molecule has 37 heavy (non-hydrogen) atoms. The van der Waals surface area contributed by atoms with Crippen LogP contribution >= 0.6 is 56.9 Å². The summed E-state index contributed by atoms with van der Waals surface area (Å²) in [6, 6.07) is 14.0. The molecule has 182 valence electrons. The Kier molecular flexibility index (Phi) is 7.84. The Labute approximate surface area is 232 Å². The van der Waals surface area contributed by atoms with Gasteiger partial charge in [-0.1, -0.05) is 22.9 Å². The van der Waals surface area contributed by atoms with E-state index in [9.17, 15) is 0 Å². The second-order valence-electron chi connectivity index (χ2n) is 7.22. The van der Waals surface area contributed by atoms with E-state index in [1.807, 2.05) is 52.5 Å². The Bertz CT molecular complexity index is 1760. The predicted octanol–water partition coefficient (Wildman–Crippen LogP) is 8.20. The van der Waals surface area contributed by atoms with Crippen molar-refractivity contribution in [2.24, 2.45) is 0 Å². The number of fused-ring (bicyclic) bond motifs is 3. The molecule has 0 atom stereocenters. The Morgan fingerprint density at radius 1 is 0.757 bits per heavy atom. The smallest absolute Gasteiger partial charge is 0.189 e. The average Bonchev–Trinajstić information content (AvgIpc) is 3.72. The van der Waals surface area contributed by atoms with Gasteiger partial charge in [0.2, 0.25) is 0 Å². The number of thiazole rings is 1. The van der Waals surface area contributed by atoms with Crippen molar-refractivity contribution >= 4 is 104 Å². The number of nitrogen functional groups attached to an aromatic ring is 1. The molecule has 3 N–H and O–H groups in total. The number of hydrogen-bond acceptors (Lipinski definition) is 11. The van der Waals surface area contributed by atoms with Crippen LogP contribution < -0.4 is 11.1 Å². The summed E-state index contributed by atoms with van der Waals surface area (Å²) in [4.78, 5) is 16.9. The van der Waals surface area contributed by atoms with E-state index in [4.69, 9.17) is 22.6 Å². The SMILES string of the molecule is Clc1nccc2sccc12.N#Cc1cnc(Nc2nccc3sccc23)s1.Nc1nccc2sccc12. The number of pyridine rings is 3. The first-order chi connectivity index (χ1) is 18.1. The fraction of sp³-hybridized carbons (Fsp3) is 0. The van der Waals surface area contributed by atoms with Crippen molar-refractivity contribution in [2.75, 3.05) is 11.1 Å². The summed E-state index contributed by atoms with van der Waals surface area (Å²) in [5.74, 6) is 1.40. The molecule has 7 aromatic rings. The van der Waals surface area contributed by atoms with Crippen molar-refractivity contribution in [2.45, 2.75) is 0 Å². The Morgan fingerprint density at radius 2 is 1.35 bits per heavy atom. The number of halogens is 1. The first-order valence-corrected chi connectivity index (χ1v) is 14.5. The lowest BCUT2D eigenvalue weighted by Crippen LogP contribution is -1.92. The number of anilines is 3. The van der Waals surface area contributed by atoms with Crippen LogP contribution in [0.3, 0.4) is 0 Å². The molecule has 7 rings (SSSR count). The molecule has 0 aliphatic rings. The highest BCUT2D eigenvalue weighted by molar-refractivity contribution is 7.18. The van der Waals surface area contributed by atoms with Crippen LogP contribution in [0.15, 0.2) is 77.3 Å². The van der Waals surface area contributed by atoms with E-state index in [-0.39, 0.29) is 0 Å². The molecule has 0 unspecified atom stereocenters. The molecule has 0 spiro atoms. The third kappa shape index (κ3) is 5.85. The monoisotopic (exact) mass is 577 g/mol. The third-order valence-electron chi connectivity index (χ3n) is 4.96. The number of nitrogens with zero attached hydrogens (tertiary/aromatic N) is 5. The number of nitriles is 1. The molecule has 12 heteroatoms. The van der Waals surface area contributed by atoms with Gasteiger partial charge in [-0.15, -0.1) is 34.0 Å². The molecule has 0 fully saturated rings. The topological polar surface area (TPSA) is 113 Å². The highest BCUT2D eigenvalue weighted by Crippen LogP contribution is 2.29. The fourth-order valence-corrected chi connectivity index (χ4v) is 6.50. The zero-order valence-corrected chi connectivity index (χ0v) is 22.9. The molecule has 7 aromatic heterocycles. The highest BCUT2D eigenvalue weighted by atomic mass is 35.5. The molecule has 0 aliphatic heterocycles. The van der Waals surface area contributed by atoms with Gasteiger partial charge in [-0.25, -0.2) is 19.9 Å². The summed E-state index contributed by atoms with van der Waals surface area (Å²) in [5.41, 5.74) is 5.60. The third-order valence-corrected chi connectivity index (χ3v) is 8.73. The quantitative estimate of drug-likeness (QED) is 0.199. The van der Waals surface area contributed by atoms with Gasteiger partial charge in [0.15, 0.2) is 5.13 Å². The Hall–Kier alpha value is -3.66. The predicted molar refractivity (Wildman–Crippen MR) is 158 cm³/mol. The van der Waals surface area contributed by atoms with E-state index >= 15 is 0 Å². The second-order valence-corrected chi connectivity index (χ2v) is 11.5. The molecule has 0 aromatic carbocycles. The maximum absolute atomic E-state index is 8.73. The van der Waals surface area contributed by atoms with Crippen LogP contribution in [0.2, 0.25) is 5.15 Å². The number of aromatic nitrogens is 4. The summed E-state index contributed by atoms with van der Waals surface area (Å²) in [5, 5.41) is 22.4. The van der Waals surface area contributed by atoms with Gasteiger partial charge in [0.25, 0.3) is 0 Å². The summed E-state index contributed by atoms with van der Waals surface area (Å²) in [6.07, 6.45) is 6.77. The Morgan fingerprint density at radius 3 is 2.00 bits per heavy atom. The van der Waals surface area contributed by atoms with Gasteiger partial charge >= 0.3 is 0 Å². The van der Waals surface area contributed by atoms with Crippen LogP contribution in [-0.4, -0.2) is 19.9 Å². The fourth-order valence-electron chi connectivity index (χ4n) is 3.26. The minimum atomic E-state index is 0.588. The van der Waals surface area contributed by atoms with E-state index in [2.05, 4.69) is 31.3 Å². The van der Waals surface area contributed by atoms with E-state index in [0.29, 0.717) is 21.0 Å². The van der Waals surface area contributed by atoms with Crippen LogP contribution in [0.25, 0.3) is 30.3 Å². The summed E-state index contributed by atoms with van der Waals surface area (Å²) in [7, 11) is 0. The largest absolute Gasteiger partial charge is 0.383 e. The number of thiophene rings is 3. The van der Waals surface area contributed by atoms with Crippen LogP contribution in [-0.2, 0) is 0 Å². The van der Waals surface area contributed by atoms with Crippen molar-refractivity contribution in [1.29, 1.82) is 5.26 Å². The van der Waals surface area contributed by atoms with Gasteiger partial charge < -0.3 is 11.1 Å². The molecular weight excluding hydrogens is 562 g/mol. The van der Waals surface area contributed by atoms with Crippen LogP contribution in [0.5, 0.6) is 0 Å². The zero-order valence-electron chi connectivity index (χ0n) is 18.8. The van der Waals surface area contributed by atoms with Gasteiger partial charge in [-0.05, 0) is 52.5 Å². The first kappa shape index (κ1) is 25.0. The van der Waals surface area contributed by atoms with Crippen molar-refractivity contribution in [3.8, 4) is 6.07 Å². The lowest BCUT2D eigenvalue weighted by molar-refractivity contribution is 1.31. The van der Waals surface area contributed by atoms with Crippen LogP contribution in [0.1, 0.15) is 4.88 Å². The second kappa shape index (κ2) is 11.6. The van der Waals surface area contributed by atoms with Gasteiger partial charge in [-0.2, -0.15) is 5.26 Å². The van der Waals surface area contributed by atoms with Crippen molar-refractivity contribution in [1.82, 2.24) is 19.9 Å². The number of nitrogens with one attached hydrogen (secondary N) is 1. The number of hydrogen-bond donors (Lipinski definition) is 2. The molecule has 0 aliphatic carbocycles. The van der Waals surface area contributed by atoms with Gasteiger partial charge in [0, 0.05) is 48.8 Å². The summed E-state index contributed by atoms with van der Waals surface area (Å²) >= 11 is 12.1. The molecule has 0 bridgehead atoms.